The van der Waals surface area contributed by atoms with Gasteiger partial charge in [-0.15, -0.1) is 0 Å². The molecule has 0 saturated carbocycles. The molecule has 0 aliphatic carbocycles. The molecule has 2 aromatic rings. The van der Waals surface area contributed by atoms with Crippen LogP contribution in [0.1, 0.15) is 60.1 Å². The van der Waals surface area contributed by atoms with Crippen LogP contribution in [0.3, 0.4) is 0 Å². The van der Waals surface area contributed by atoms with E-state index in [9.17, 15) is 14.8 Å². The number of aromatic hydroxyl groups is 1. The number of aliphatic hydroxyl groups excluding tert-OH is 1. The van der Waals surface area contributed by atoms with Crippen LogP contribution >= 0.6 is 7.37 Å². The van der Waals surface area contributed by atoms with Crippen molar-refractivity contribution in [1.82, 2.24) is 0 Å². The molecular weight excluding hydrogens is 359 g/mol. The second-order valence-corrected chi connectivity index (χ2v) is 9.95. The van der Waals surface area contributed by atoms with Gasteiger partial charge in [-0.3, -0.25) is 4.57 Å². The van der Waals surface area contributed by atoms with Gasteiger partial charge in [-0.1, -0.05) is 38.1 Å². The van der Waals surface area contributed by atoms with E-state index < -0.39 is 13.7 Å². The van der Waals surface area contributed by atoms with Crippen molar-refractivity contribution < 1.29 is 19.3 Å². The first-order valence-electron chi connectivity index (χ1n) is 9.43. The third-order valence-electron chi connectivity index (χ3n) is 4.85. The molecule has 2 aromatic carbocycles. The molecular formula is C22H31O4P. The van der Waals surface area contributed by atoms with Gasteiger partial charge in [0.05, 0.1) is 12.8 Å². The van der Waals surface area contributed by atoms with E-state index in [4.69, 9.17) is 4.52 Å². The van der Waals surface area contributed by atoms with Gasteiger partial charge in [-0.2, -0.15) is 0 Å². The molecule has 0 saturated heterocycles. The van der Waals surface area contributed by atoms with Crippen molar-refractivity contribution in [2.24, 2.45) is 0 Å². The van der Waals surface area contributed by atoms with Crippen molar-refractivity contribution in [2.75, 3.05) is 13.0 Å². The molecule has 0 aliphatic heterocycles. The Morgan fingerprint density at radius 2 is 1.70 bits per heavy atom. The quantitative estimate of drug-likeness (QED) is 0.585. The highest BCUT2D eigenvalue weighted by molar-refractivity contribution is 7.57. The third kappa shape index (κ3) is 5.44. The summed E-state index contributed by atoms with van der Waals surface area (Å²) in [6.45, 7) is 10.4. The number of aliphatic hydroxyl groups is 1. The minimum absolute atomic E-state index is 0.246. The van der Waals surface area contributed by atoms with Gasteiger partial charge in [0.15, 0.2) is 0 Å². The second-order valence-electron chi connectivity index (χ2n) is 7.46. The monoisotopic (exact) mass is 390 g/mol. The molecule has 2 N–H and O–H groups in total. The molecule has 0 fully saturated rings. The van der Waals surface area contributed by atoms with Gasteiger partial charge < -0.3 is 14.7 Å². The van der Waals surface area contributed by atoms with Crippen LogP contribution in [0.5, 0.6) is 5.75 Å². The van der Waals surface area contributed by atoms with Gasteiger partial charge in [-0.05, 0) is 72.6 Å². The zero-order valence-electron chi connectivity index (χ0n) is 17.0. The molecule has 5 heteroatoms. The Hall–Kier alpha value is -1.61. The van der Waals surface area contributed by atoms with Crippen LogP contribution in [0.15, 0.2) is 30.3 Å². The number of phenolic OH excluding ortho intramolecular Hbond substituents is 1. The van der Waals surface area contributed by atoms with E-state index in [-0.39, 0.29) is 12.1 Å². The Bertz CT molecular complexity index is 819. The van der Waals surface area contributed by atoms with E-state index in [1.54, 1.807) is 13.0 Å². The Morgan fingerprint density at radius 3 is 2.22 bits per heavy atom. The zero-order chi connectivity index (χ0) is 20.2. The van der Waals surface area contributed by atoms with Crippen LogP contribution in [-0.4, -0.2) is 23.2 Å². The molecule has 148 valence electrons. The number of hydrogen-bond donors (Lipinski definition) is 2. The summed E-state index contributed by atoms with van der Waals surface area (Å²) in [7, 11) is -3.04. The first-order valence-corrected chi connectivity index (χ1v) is 11.4. The van der Waals surface area contributed by atoms with Crippen LogP contribution in [0.4, 0.5) is 0 Å². The van der Waals surface area contributed by atoms with Gasteiger partial charge in [0, 0.05) is 0 Å². The normalized spacial score (nSPS) is 13.7. The van der Waals surface area contributed by atoms with Crippen LogP contribution in [0.2, 0.25) is 0 Å². The lowest BCUT2D eigenvalue weighted by Gasteiger charge is -2.18. The molecule has 4 nitrogen and oxygen atoms in total. The van der Waals surface area contributed by atoms with Crippen LogP contribution in [-0.2, 0) is 21.7 Å². The van der Waals surface area contributed by atoms with Gasteiger partial charge in [0.2, 0.25) is 7.37 Å². The van der Waals surface area contributed by atoms with E-state index in [1.807, 2.05) is 18.2 Å². The Kier molecular flexibility index (Phi) is 7.27. The first kappa shape index (κ1) is 21.7. The van der Waals surface area contributed by atoms with Crippen molar-refractivity contribution in [1.29, 1.82) is 0 Å². The largest absolute Gasteiger partial charge is 0.508 e. The van der Waals surface area contributed by atoms with Gasteiger partial charge in [-0.25, -0.2) is 0 Å². The van der Waals surface area contributed by atoms with Crippen molar-refractivity contribution >= 4 is 7.37 Å². The molecule has 0 aliphatic rings. The highest BCUT2D eigenvalue weighted by Gasteiger charge is 2.22. The van der Waals surface area contributed by atoms with E-state index in [2.05, 4.69) is 33.8 Å². The predicted molar refractivity (Wildman–Crippen MR) is 111 cm³/mol. The summed E-state index contributed by atoms with van der Waals surface area (Å²) < 4.78 is 17.9. The first-order chi connectivity index (χ1) is 12.7. The fourth-order valence-corrected chi connectivity index (χ4v) is 4.97. The van der Waals surface area contributed by atoms with Crippen molar-refractivity contribution in [3.63, 3.8) is 0 Å². The lowest BCUT2D eigenvalue weighted by atomic mass is 9.92. The van der Waals surface area contributed by atoms with Gasteiger partial charge in [0.1, 0.15) is 12.1 Å². The Balaban J connectivity index is 2.30. The maximum absolute atomic E-state index is 12.6. The molecule has 0 amide bonds. The highest BCUT2D eigenvalue weighted by atomic mass is 31.2. The molecule has 1 atom stereocenters. The summed E-state index contributed by atoms with van der Waals surface area (Å²) >= 11 is 0. The average molecular weight is 390 g/mol. The number of hydrogen-bond acceptors (Lipinski definition) is 4. The number of rotatable bonds is 8. The molecule has 0 bridgehead atoms. The van der Waals surface area contributed by atoms with Crippen molar-refractivity contribution in [3.05, 3.63) is 63.7 Å². The third-order valence-corrected chi connectivity index (χ3v) is 6.86. The topological polar surface area (TPSA) is 66.8 Å². The standard InChI is InChI=1S/C22H31O4P/c1-6-26-27(25,14-23)13-19-9-16(4)21(17(5)10-19)12-18-7-8-22(24)20(11-18)15(2)3/h7-11,15,23-24H,6,12-14H2,1-5H3. The fraction of sp³-hybridized carbons (Fsp3) is 0.455. The maximum atomic E-state index is 12.6. The van der Waals surface area contributed by atoms with Crippen LogP contribution in [0, 0.1) is 13.8 Å². The molecule has 1 unspecified atom stereocenters. The smallest absolute Gasteiger partial charge is 0.231 e. The average Bonchev–Trinajstić information content (AvgIpc) is 2.59. The Labute approximate surface area is 162 Å². The summed E-state index contributed by atoms with van der Waals surface area (Å²) in [5.41, 5.74) is 6.53. The minimum atomic E-state index is -3.04. The van der Waals surface area contributed by atoms with Gasteiger partial charge in [0.25, 0.3) is 0 Å². The summed E-state index contributed by atoms with van der Waals surface area (Å²) in [5, 5.41) is 19.5. The molecule has 0 aromatic heterocycles. The molecule has 0 heterocycles. The lowest BCUT2D eigenvalue weighted by molar-refractivity contribution is 0.283. The van der Waals surface area contributed by atoms with Crippen molar-refractivity contribution in [3.8, 4) is 5.75 Å². The fourth-order valence-electron chi connectivity index (χ4n) is 3.48. The predicted octanol–water partition coefficient (Wildman–Crippen LogP) is 5.49. The number of aryl methyl sites for hydroxylation is 2. The van der Waals surface area contributed by atoms with E-state index in [0.717, 1.165) is 34.2 Å². The van der Waals surface area contributed by atoms with Crippen molar-refractivity contribution in [2.45, 2.75) is 53.1 Å². The summed E-state index contributed by atoms with van der Waals surface area (Å²) in [5.74, 6) is 0.605. The second kappa shape index (κ2) is 9.05. The molecule has 0 spiro atoms. The summed E-state index contributed by atoms with van der Waals surface area (Å²) in [6.07, 6.45) is 0.587. The summed E-state index contributed by atoms with van der Waals surface area (Å²) in [6, 6.07) is 9.87. The van der Waals surface area contributed by atoms with E-state index in [0.29, 0.717) is 12.4 Å². The van der Waals surface area contributed by atoms with Crippen LogP contribution in [0.25, 0.3) is 0 Å². The Morgan fingerprint density at radius 1 is 1.07 bits per heavy atom. The lowest BCUT2D eigenvalue weighted by Crippen LogP contribution is -2.02. The van der Waals surface area contributed by atoms with Gasteiger partial charge >= 0.3 is 0 Å². The summed E-state index contributed by atoms with van der Waals surface area (Å²) in [4.78, 5) is 0. The zero-order valence-corrected chi connectivity index (χ0v) is 17.8. The SMILES string of the molecule is CCOP(=O)(CO)Cc1cc(C)c(Cc2ccc(O)c(C(C)C)c2)c(C)c1. The minimum Gasteiger partial charge on any atom is -0.508 e. The van der Waals surface area contributed by atoms with Crippen LogP contribution < -0.4 is 0 Å². The molecule has 0 radical (unpaired) electrons. The number of phenols is 1. The highest BCUT2D eigenvalue weighted by Crippen LogP contribution is 2.49. The molecule has 27 heavy (non-hydrogen) atoms. The number of benzene rings is 2. The van der Waals surface area contributed by atoms with E-state index >= 15 is 0 Å². The maximum Gasteiger partial charge on any atom is 0.231 e. The van der Waals surface area contributed by atoms with E-state index in [1.165, 1.54) is 5.56 Å². The molecule has 2 rings (SSSR count).